The number of hydrogen-bond donors (Lipinski definition) is 1. The smallest absolute Gasteiger partial charge is 0.203 e. The molecule has 0 aromatic carbocycles. The number of unbranched alkanes of at least 4 members (excludes halogenated alkanes) is 1. The van der Waals surface area contributed by atoms with Crippen molar-refractivity contribution in [1.82, 2.24) is 19.3 Å². The Balaban J connectivity index is 2.02. The molecule has 5 heteroatoms. The fourth-order valence-electron chi connectivity index (χ4n) is 1.93. The number of aryl methyl sites for hydroxylation is 3. The molecule has 0 aliphatic carbocycles. The van der Waals surface area contributed by atoms with Crippen LogP contribution in [0.15, 0.2) is 18.5 Å². The Morgan fingerprint density at radius 1 is 1.39 bits per heavy atom. The Bertz CT molecular complexity index is 497. The van der Waals surface area contributed by atoms with Crippen LogP contribution in [0.3, 0.4) is 0 Å². The normalized spacial score (nSPS) is 10.8. The zero-order valence-corrected chi connectivity index (χ0v) is 11.3. The van der Waals surface area contributed by atoms with E-state index < -0.39 is 0 Å². The van der Waals surface area contributed by atoms with Gasteiger partial charge in [0.1, 0.15) is 0 Å². The number of rotatable bonds is 6. The van der Waals surface area contributed by atoms with Gasteiger partial charge in [0.25, 0.3) is 0 Å². The molecule has 2 heterocycles. The van der Waals surface area contributed by atoms with Gasteiger partial charge in [-0.15, -0.1) is 0 Å². The summed E-state index contributed by atoms with van der Waals surface area (Å²) in [6, 6.07) is 2.01. The van der Waals surface area contributed by atoms with Gasteiger partial charge < -0.3 is 9.88 Å². The molecule has 2 rings (SSSR count). The largest absolute Gasteiger partial charge is 0.350 e. The van der Waals surface area contributed by atoms with Gasteiger partial charge in [-0.3, -0.25) is 4.68 Å². The fourth-order valence-corrected chi connectivity index (χ4v) is 1.93. The van der Waals surface area contributed by atoms with Gasteiger partial charge >= 0.3 is 0 Å². The second kappa shape index (κ2) is 5.71. The number of hydrogen-bond acceptors (Lipinski definition) is 3. The van der Waals surface area contributed by atoms with Crippen molar-refractivity contribution in [1.29, 1.82) is 0 Å². The van der Waals surface area contributed by atoms with E-state index in [1.54, 1.807) is 0 Å². The summed E-state index contributed by atoms with van der Waals surface area (Å²) < 4.78 is 4.06. The molecule has 2 aromatic heterocycles. The van der Waals surface area contributed by atoms with Crippen LogP contribution >= 0.6 is 0 Å². The van der Waals surface area contributed by atoms with Crippen LogP contribution in [-0.2, 0) is 20.1 Å². The standard InChI is InChI=1S/C13H21N5/c1-4-5-8-18-10-11(2)16-13(18)14-9-12-6-7-15-17(12)3/h6-7,10H,4-5,8-9H2,1-3H3,(H,14,16). The molecule has 5 nitrogen and oxygen atoms in total. The van der Waals surface area contributed by atoms with Gasteiger partial charge in [0.15, 0.2) is 0 Å². The summed E-state index contributed by atoms with van der Waals surface area (Å²) >= 11 is 0. The molecule has 0 bridgehead atoms. The van der Waals surface area contributed by atoms with Crippen molar-refractivity contribution in [3.8, 4) is 0 Å². The lowest BCUT2D eigenvalue weighted by molar-refractivity contribution is 0.633. The minimum Gasteiger partial charge on any atom is -0.350 e. The zero-order valence-electron chi connectivity index (χ0n) is 11.3. The summed E-state index contributed by atoms with van der Waals surface area (Å²) in [6.07, 6.45) is 6.28. The quantitative estimate of drug-likeness (QED) is 0.852. The second-order valence-electron chi connectivity index (χ2n) is 4.55. The third kappa shape index (κ3) is 2.91. The first-order valence-electron chi connectivity index (χ1n) is 6.45. The van der Waals surface area contributed by atoms with E-state index in [2.05, 4.69) is 33.1 Å². The Morgan fingerprint density at radius 3 is 2.89 bits per heavy atom. The van der Waals surface area contributed by atoms with E-state index in [1.807, 2.05) is 30.9 Å². The highest BCUT2D eigenvalue weighted by atomic mass is 15.3. The van der Waals surface area contributed by atoms with E-state index in [0.717, 1.165) is 30.4 Å². The predicted molar refractivity (Wildman–Crippen MR) is 72.4 cm³/mol. The van der Waals surface area contributed by atoms with E-state index in [1.165, 1.54) is 12.8 Å². The van der Waals surface area contributed by atoms with Crippen LogP contribution in [0, 0.1) is 6.92 Å². The van der Waals surface area contributed by atoms with Gasteiger partial charge in [0.05, 0.1) is 17.9 Å². The van der Waals surface area contributed by atoms with Crippen molar-refractivity contribution in [2.45, 2.75) is 39.8 Å². The molecule has 98 valence electrons. The van der Waals surface area contributed by atoms with Gasteiger partial charge in [-0.25, -0.2) is 4.98 Å². The summed E-state index contributed by atoms with van der Waals surface area (Å²) in [4.78, 5) is 4.51. The van der Waals surface area contributed by atoms with Crippen LogP contribution < -0.4 is 5.32 Å². The number of nitrogens with zero attached hydrogens (tertiary/aromatic N) is 4. The molecule has 0 amide bonds. The SMILES string of the molecule is CCCCn1cc(C)nc1NCc1ccnn1C. The summed E-state index contributed by atoms with van der Waals surface area (Å²) in [5.41, 5.74) is 2.20. The fraction of sp³-hybridized carbons (Fsp3) is 0.538. The molecule has 1 N–H and O–H groups in total. The maximum absolute atomic E-state index is 4.51. The van der Waals surface area contributed by atoms with Gasteiger partial charge in [0, 0.05) is 26.0 Å². The molecule has 0 aliphatic heterocycles. The highest BCUT2D eigenvalue weighted by Crippen LogP contribution is 2.11. The lowest BCUT2D eigenvalue weighted by Crippen LogP contribution is -2.10. The number of aromatic nitrogens is 4. The van der Waals surface area contributed by atoms with Gasteiger partial charge in [0.2, 0.25) is 5.95 Å². The number of anilines is 1. The number of imidazole rings is 1. The van der Waals surface area contributed by atoms with Crippen molar-refractivity contribution in [2.75, 3.05) is 5.32 Å². The van der Waals surface area contributed by atoms with Crippen molar-refractivity contribution < 1.29 is 0 Å². The van der Waals surface area contributed by atoms with Crippen LogP contribution in [-0.4, -0.2) is 19.3 Å². The molecule has 0 fully saturated rings. The maximum atomic E-state index is 4.51. The first-order chi connectivity index (χ1) is 8.70. The molecule has 0 spiro atoms. The minimum atomic E-state index is 0.749. The van der Waals surface area contributed by atoms with Gasteiger partial charge in [-0.1, -0.05) is 13.3 Å². The molecule has 0 saturated heterocycles. The van der Waals surface area contributed by atoms with E-state index in [4.69, 9.17) is 0 Å². The average molecular weight is 247 g/mol. The second-order valence-corrected chi connectivity index (χ2v) is 4.55. The van der Waals surface area contributed by atoms with Crippen molar-refractivity contribution >= 4 is 5.95 Å². The number of nitrogens with one attached hydrogen (secondary N) is 1. The Hall–Kier alpha value is -1.78. The van der Waals surface area contributed by atoms with Gasteiger partial charge in [-0.2, -0.15) is 5.10 Å². The molecule has 0 atom stereocenters. The van der Waals surface area contributed by atoms with E-state index in [-0.39, 0.29) is 0 Å². The van der Waals surface area contributed by atoms with Crippen LogP contribution in [0.25, 0.3) is 0 Å². The Kier molecular flexibility index (Phi) is 4.02. The van der Waals surface area contributed by atoms with Crippen LogP contribution in [0.2, 0.25) is 0 Å². The van der Waals surface area contributed by atoms with Crippen LogP contribution in [0.4, 0.5) is 5.95 Å². The maximum Gasteiger partial charge on any atom is 0.203 e. The van der Waals surface area contributed by atoms with Crippen LogP contribution in [0.5, 0.6) is 0 Å². The zero-order chi connectivity index (χ0) is 13.0. The van der Waals surface area contributed by atoms with E-state index in [0.29, 0.717) is 0 Å². The summed E-state index contributed by atoms with van der Waals surface area (Å²) in [7, 11) is 1.95. The Labute approximate surface area is 108 Å². The van der Waals surface area contributed by atoms with E-state index in [9.17, 15) is 0 Å². The third-order valence-electron chi connectivity index (χ3n) is 3.00. The average Bonchev–Trinajstić information content (AvgIpc) is 2.90. The van der Waals surface area contributed by atoms with Crippen LogP contribution in [0.1, 0.15) is 31.2 Å². The molecular weight excluding hydrogens is 226 g/mol. The summed E-state index contributed by atoms with van der Waals surface area (Å²) in [5, 5.41) is 7.53. The van der Waals surface area contributed by atoms with Crippen molar-refractivity contribution in [3.05, 3.63) is 29.8 Å². The molecule has 2 aromatic rings. The molecule has 0 saturated carbocycles. The highest BCUT2D eigenvalue weighted by Gasteiger charge is 2.06. The predicted octanol–water partition coefficient (Wildman–Crippen LogP) is 2.34. The third-order valence-corrected chi connectivity index (χ3v) is 3.00. The molecule has 18 heavy (non-hydrogen) atoms. The first kappa shape index (κ1) is 12.7. The van der Waals surface area contributed by atoms with Crippen molar-refractivity contribution in [3.63, 3.8) is 0 Å². The topological polar surface area (TPSA) is 47.7 Å². The molecule has 0 radical (unpaired) electrons. The minimum absolute atomic E-state index is 0.749. The lowest BCUT2D eigenvalue weighted by atomic mass is 10.3. The van der Waals surface area contributed by atoms with Gasteiger partial charge in [-0.05, 0) is 19.4 Å². The molecule has 0 aliphatic rings. The van der Waals surface area contributed by atoms with Crippen molar-refractivity contribution in [2.24, 2.45) is 7.05 Å². The highest BCUT2D eigenvalue weighted by molar-refractivity contribution is 5.29. The summed E-state index contributed by atoms with van der Waals surface area (Å²) in [5.74, 6) is 0.946. The Morgan fingerprint density at radius 2 is 2.22 bits per heavy atom. The lowest BCUT2D eigenvalue weighted by Gasteiger charge is -2.09. The molecule has 0 unspecified atom stereocenters. The monoisotopic (exact) mass is 247 g/mol. The first-order valence-corrected chi connectivity index (χ1v) is 6.45. The molecular formula is C13H21N5. The summed E-state index contributed by atoms with van der Waals surface area (Å²) in [6.45, 7) is 5.99. The van der Waals surface area contributed by atoms with E-state index >= 15 is 0 Å².